The molecule has 3 atom stereocenters. The fourth-order valence-electron chi connectivity index (χ4n) is 4.60. The molecule has 0 spiro atoms. The van der Waals surface area contributed by atoms with Crippen LogP contribution in [0.25, 0.3) is 11.1 Å². The summed E-state index contributed by atoms with van der Waals surface area (Å²) in [4.78, 5) is 15.1. The second-order valence-corrected chi connectivity index (χ2v) is 10.5. The Morgan fingerprint density at radius 1 is 1.03 bits per heavy atom. The summed E-state index contributed by atoms with van der Waals surface area (Å²) in [5.41, 5.74) is 4.90. The molecule has 6 heteroatoms. The molecule has 2 aromatic rings. The van der Waals surface area contributed by atoms with Crippen molar-refractivity contribution in [3.8, 4) is 11.1 Å². The van der Waals surface area contributed by atoms with E-state index in [-0.39, 0.29) is 23.8 Å². The molecule has 1 amide bonds. The van der Waals surface area contributed by atoms with E-state index in [1.165, 1.54) is 28.5 Å². The molecular weight excluding hydrogens is 396 g/mol. The van der Waals surface area contributed by atoms with Gasteiger partial charge in [-0.1, -0.05) is 54.1 Å². The van der Waals surface area contributed by atoms with Crippen molar-refractivity contribution in [2.24, 2.45) is 5.92 Å². The maximum absolute atomic E-state index is 13.2. The van der Waals surface area contributed by atoms with Gasteiger partial charge in [0.05, 0.1) is 6.26 Å². The number of nitrogens with zero attached hydrogens (tertiary/aromatic N) is 1. The third kappa shape index (κ3) is 4.93. The third-order valence-electron chi connectivity index (χ3n) is 6.25. The van der Waals surface area contributed by atoms with Crippen LogP contribution in [0.3, 0.4) is 0 Å². The van der Waals surface area contributed by atoms with Gasteiger partial charge in [0, 0.05) is 25.0 Å². The summed E-state index contributed by atoms with van der Waals surface area (Å²) in [5.74, 6) is 0.526. The quantitative estimate of drug-likeness (QED) is 0.793. The van der Waals surface area contributed by atoms with E-state index < -0.39 is 10.0 Å². The zero-order valence-corrected chi connectivity index (χ0v) is 18.5. The van der Waals surface area contributed by atoms with E-state index in [9.17, 15) is 13.2 Å². The van der Waals surface area contributed by atoms with Crippen molar-refractivity contribution in [3.63, 3.8) is 0 Å². The molecule has 1 heterocycles. The van der Waals surface area contributed by atoms with Gasteiger partial charge in [0.2, 0.25) is 15.9 Å². The molecule has 30 heavy (non-hydrogen) atoms. The molecule has 0 aromatic heterocycles. The molecular formula is C24H30N2O3S. The lowest BCUT2D eigenvalue weighted by molar-refractivity contribution is -0.132. The van der Waals surface area contributed by atoms with Crippen LogP contribution in [0.1, 0.15) is 42.7 Å². The van der Waals surface area contributed by atoms with Crippen molar-refractivity contribution < 1.29 is 13.2 Å². The Labute approximate surface area is 179 Å². The van der Waals surface area contributed by atoms with Crippen LogP contribution in [-0.4, -0.2) is 44.6 Å². The van der Waals surface area contributed by atoms with Crippen molar-refractivity contribution in [1.82, 2.24) is 9.62 Å². The third-order valence-corrected chi connectivity index (χ3v) is 7.01. The largest absolute Gasteiger partial charge is 0.342 e. The van der Waals surface area contributed by atoms with Gasteiger partial charge in [0.1, 0.15) is 0 Å². The fraction of sp³-hybridized carbons (Fsp3) is 0.458. The van der Waals surface area contributed by atoms with Crippen LogP contribution in [0.2, 0.25) is 0 Å². The minimum absolute atomic E-state index is 0.0380. The predicted molar refractivity (Wildman–Crippen MR) is 120 cm³/mol. The van der Waals surface area contributed by atoms with Crippen molar-refractivity contribution in [3.05, 3.63) is 59.7 Å². The molecule has 2 fully saturated rings. The van der Waals surface area contributed by atoms with Crippen LogP contribution in [0.4, 0.5) is 0 Å². The Balaban J connectivity index is 1.44. The maximum atomic E-state index is 13.2. The van der Waals surface area contributed by atoms with Gasteiger partial charge in [-0.25, -0.2) is 13.1 Å². The maximum Gasteiger partial charge on any atom is 0.226 e. The highest BCUT2D eigenvalue weighted by Gasteiger charge is 2.46. The van der Waals surface area contributed by atoms with E-state index in [2.05, 4.69) is 60.2 Å². The second-order valence-electron chi connectivity index (χ2n) is 8.75. The van der Waals surface area contributed by atoms with Gasteiger partial charge in [-0.3, -0.25) is 4.79 Å². The van der Waals surface area contributed by atoms with Crippen LogP contribution in [0.5, 0.6) is 0 Å². The minimum Gasteiger partial charge on any atom is -0.342 e. The lowest BCUT2D eigenvalue weighted by atomic mass is 9.95. The Bertz CT molecular complexity index is 1020. The lowest BCUT2D eigenvalue weighted by Crippen LogP contribution is -2.36. The van der Waals surface area contributed by atoms with Gasteiger partial charge in [-0.15, -0.1) is 0 Å². The van der Waals surface area contributed by atoms with Gasteiger partial charge in [-0.2, -0.15) is 0 Å². The van der Waals surface area contributed by atoms with Crippen LogP contribution < -0.4 is 4.72 Å². The molecule has 1 N–H and O–H groups in total. The van der Waals surface area contributed by atoms with Crippen LogP contribution in [0, 0.1) is 12.8 Å². The number of rotatable bonds is 5. The molecule has 4 rings (SSSR count). The summed E-state index contributed by atoms with van der Waals surface area (Å²) in [6.07, 6.45) is 4.37. The second kappa shape index (κ2) is 8.52. The van der Waals surface area contributed by atoms with Gasteiger partial charge in [0.25, 0.3) is 0 Å². The molecule has 160 valence electrons. The number of hydrogen-bond donors (Lipinski definition) is 1. The standard InChI is InChI=1S/C24H30N2O3S/c1-17-9-11-18(12-10-17)20-7-3-4-8-21(20)22-16-23(22)24(27)26-14-5-6-19(13-15-26)25-30(2,28)29/h3-4,7-12,19,22-23,25H,5-6,13-16H2,1-2H3/t19-,22+,23-/m1/s1. The normalized spacial score (nSPS) is 24.3. The monoisotopic (exact) mass is 426 g/mol. The number of carbonyl (C=O) groups excluding carboxylic acids is 1. The summed E-state index contributed by atoms with van der Waals surface area (Å²) in [7, 11) is -3.21. The minimum atomic E-state index is -3.21. The number of amides is 1. The molecule has 0 bridgehead atoms. The van der Waals surface area contributed by atoms with Gasteiger partial charge in [-0.05, 0) is 55.2 Å². The van der Waals surface area contributed by atoms with Crippen LogP contribution in [0.15, 0.2) is 48.5 Å². The summed E-state index contributed by atoms with van der Waals surface area (Å²) < 4.78 is 25.7. The first-order valence-corrected chi connectivity index (χ1v) is 12.6. The first kappa shape index (κ1) is 21.1. The number of nitrogens with one attached hydrogen (secondary N) is 1. The number of aryl methyl sites for hydroxylation is 1. The molecule has 1 aliphatic carbocycles. The molecule has 1 saturated carbocycles. The van der Waals surface area contributed by atoms with E-state index in [0.717, 1.165) is 19.3 Å². The van der Waals surface area contributed by atoms with E-state index in [0.29, 0.717) is 19.5 Å². The number of benzene rings is 2. The van der Waals surface area contributed by atoms with Crippen molar-refractivity contribution in [2.75, 3.05) is 19.3 Å². The molecule has 0 unspecified atom stereocenters. The van der Waals surface area contributed by atoms with E-state index >= 15 is 0 Å². The fourth-order valence-corrected chi connectivity index (χ4v) is 5.44. The average molecular weight is 427 g/mol. The van der Waals surface area contributed by atoms with Crippen LogP contribution >= 0.6 is 0 Å². The predicted octanol–water partition coefficient (Wildman–Crippen LogP) is 3.70. The molecule has 5 nitrogen and oxygen atoms in total. The first-order valence-electron chi connectivity index (χ1n) is 10.7. The Morgan fingerprint density at radius 2 is 1.77 bits per heavy atom. The Hall–Kier alpha value is -2.18. The highest BCUT2D eigenvalue weighted by atomic mass is 32.2. The van der Waals surface area contributed by atoms with Gasteiger partial charge < -0.3 is 4.90 Å². The Kier molecular flexibility index (Phi) is 5.98. The van der Waals surface area contributed by atoms with Crippen molar-refractivity contribution in [2.45, 2.75) is 44.6 Å². The molecule has 1 aliphatic heterocycles. The number of hydrogen-bond acceptors (Lipinski definition) is 3. The zero-order chi connectivity index (χ0) is 21.3. The van der Waals surface area contributed by atoms with Crippen molar-refractivity contribution in [1.29, 1.82) is 0 Å². The summed E-state index contributed by atoms with van der Waals surface area (Å²) in [6.45, 7) is 3.42. The van der Waals surface area contributed by atoms with E-state index in [1.807, 2.05) is 4.90 Å². The molecule has 2 aromatic carbocycles. The van der Waals surface area contributed by atoms with E-state index in [1.54, 1.807) is 0 Å². The van der Waals surface area contributed by atoms with Crippen molar-refractivity contribution >= 4 is 15.9 Å². The highest BCUT2D eigenvalue weighted by molar-refractivity contribution is 7.88. The number of likely N-dealkylation sites (tertiary alicyclic amines) is 1. The lowest BCUT2D eigenvalue weighted by Gasteiger charge is -2.21. The highest BCUT2D eigenvalue weighted by Crippen LogP contribution is 2.51. The summed E-state index contributed by atoms with van der Waals surface area (Å²) in [5, 5.41) is 0. The number of sulfonamides is 1. The summed E-state index contributed by atoms with van der Waals surface area (Å²) in [6, 6.07) is 16.9. The SMILES string of the molecule is Cc1ccc(-c2ccccc2[C@@H]2C[C@H]2C(=O)N2CCC[C@@H](NS(C)(=O)=O)CC2)cc1. The topological polar surface area (TPSA) is 66.5 Å². The van der Waals surface area contributed by atoms with Gasteiger partial charge in [0.15, 0.2) is 0 Å². The smallest absolute Gasteiger partial charge is 0.226 e. The van der Waals surface area contributed by atoms with E-state index in [4.69, 9.17) is 0 Å². The molecule has 2 aliphatic rings. The van der Waals surface area contributed by atoms with Crippen LogP contribution in [-0.2, 0) is 14.8 Å². The van der Waals surface area contributed by atoms with Gasteiger partial charge >= 0.3 is 0 Å². The summed E-state index contributed by atoms with van der Waals surface area (Å²) >= 11 is 0. The molecule has 1 saturated heterocycles. The number of carbonyl (C=O) groups is 1. The zero-order valence-electron chi connectivity index (χ0n) is 17.7. The first-order chi connectivity index (χ1) is 14.3. The Morgan fingerprint density at radius 3 is 2.50 bits per heavy atom. The molecule has 0 radical (unpaired) electrons. The average Bonchev–Trinajstić information content (AvgIpc) is 3.51.